The van der Waals surface area contributed by atoms with E-state index in [9.17, 15) is 4.79 Å². The fourth-order valence-corrected chi connectivity index (χ4v) is 2.17. The number of rotatable bonds is 1. The molecule has 100 valence electrons. The van der Waals surface area contributed by atoms with E-state index in [1.165, 1.54) is 0 Å². The summed E-state index contributed by atoms with van der Waals surface area (Å²) in [5.74, 6) is 0.531. The zero-order valence-electron chi connectivity index (χ0n) is 12.0. The standard InChI is InChI=1S/C13H26N2O2/c1-10-7-11(14(5)6)9-15(8-10)12(16)17-13(2,3)4/h10-11H,7-9H2,1-6H3/t10-,11+/m0/s1. The summed E-state index contributed by atoms with van der Waals surface area (Å²) in [5, 5.41) is 0. The van der Waals surface area contributed by atoms with Gasteiger partial charge in [0.15, 0.2) is 0 Å². The lowest BCUT2D eigenvalue weighted by Gasteiger charge is -2.39. The minimum Gasteiger partial charge on any atom is -0.444 e. The topological polar surface area (TPSA) is 32.8 Å². The van der Waals surface area contributed by atoms with E-state index in [-0.39, 0.29) is 6.09 Å². The van der Waals surface area contributed by atoms with Crippen molar-refractivity contribution in [2.24, 2.45) is 5.92 Å². The predicted octanol–water partition coefficient (Wildman–Crippen LogP) is 2.19. The SMILES string of the molecule is C[C@H]1C[C@@H](N(C)C)CN(C(=O)OC(C)(C)C)C1. The van der Waals surface area contributed by atoms with Crippen molar-refractivity contribution in [2.75, 3.05) is 27.2 Å². The quantitative estimate of drug-likeness (QED) is 0.706. The van der Waals surface area contributed by atoms with Crippen LogP contribution < -0.4 is 0 Å². The summed E-state index contributed by atoms with van der Waals surface area (Å²) in [6.07, 6.45) is 0.961. The number of hydrogen-bond donors (Lipinski definition) is 0. The van der Waals surface area contributed by atoms with Crippen LogP contribution in [0, 0.1) is 5.92 Å². The minimum atomic E-state index is -0.411. The second kappa shape index (κ2) is 5.25. The van der Waals surface area contributed by atoms with Crippen LogP contribution in [0.2, 0.25) is 0 Å². The molecule has 0 aromatic carbocycles. The Bertz CT molecular complexity index is 271. The molecular weight excluding hydrogens is 216 g/mol. The molecule has 1 amide bonds. The maximum Gasteiger partial charge on any atom is 0.410 e. The van der Waals surface area contributed by atoms with Crippen molar-refractivity contribution in [3.8, 4) is 0 Å². The Morgan fingerprint density at radius 3 is 2.35 bits per heavy atom. The maximum absolute atomic E-state index is 12.0. The summed E-state index contributed by atoms with van der Waals surface area (Å²) in [4.78, 5) is 16.0. The molecule has 0 aromatic heterocycles. The second-order valence-electron chi connectivity index (χ2n) is 6.34. The molecule has 1 rings (SSSR count). The third kappa shape index (κ3) is 4.54. The van der Waals surface area contributed by atoms with Gasteiger partial charge in [0.2, 0.25) is 0 Å². The maximum atomic E-state index is 12.0. The van der Waals surface area contributed by atoms with Gasteiger partial charge in [-0.2, -0.15) is 0 Å². The van der Waals surface area contributed by atoms with E-state index in [4.69, 9.17) is 4.74 Å². The van der Waals surface area contributed by atoms with Crippen molar-refractivity contribution >= 4 is 6.09 Å². The van der Waals surface area contributed by atoms with Crippen LogP contribution in [0.1, 0.15) is 34.1 Å². The molecular formula is C13H26N2O2. The Morgan fingerprint density at radius 1 is 1.29 bits per heavy atom. The first-order valence-corrected chi connectivity index (χ1v) is 6.33. The first-order chi connectivity index (χ1) is 7.69. The second-order valence-corrected chi connectivity index (χ2v) is 6.34. The molecule has 1 fully saturated rings. The molecule has 0 spiro atoms. The van der Waals surface area contributed by atoms with Crippen molar-refractivity contribution in [1.82, 2.24) is 9.80 Å². The molecule has 1 saturated heterocycles. The molecule has 2 atom stereocenters. The fraction of sp³-hybridized carbons (Fsp3) is 0.923. The molecule has 0 bridgehead atoms. The average molecular weight is 242 g/mol. The van der Waals surface area contributed by atoms with Gasteiger partial charge >= 0.3 is 6.09 Å². The predicted molar refractivity (Wildman–Crippen MR) is 69.1 cm³/mol. The van der Waals surface area contributed by atoms with Gasteiger partial charge in [0.05, 0.1) is 0 Å². The lowest BCUT2D eigenvalue weighted by Crippen LogP contribution is -2.51. The Balaban J connectivity index is 2.61. The highest BCUT2D eigenvalue weighted by atomic mass is 16.6. The Morgan fingerprint density at radius 2 is 1.88 bits per heavy atom. The zero-order chi connectivity index (χ0) is 13.2. The van der Waals surface area contributed by atoms with E-state index in [1.54, 1.807) is 0 Å². The summed E-state index contributed by atoms with van der Waals surface area (Å²) < 4.78 is 5.42. The highest BCUT2D eigenvalue weighted by Gasteiger charge is 2.31. The summed E-state index contributed by atoms with van der Waals surface area (Å²) in [6, 6.07) is 0.436. The van der Waals surface area contributed by atoms with Crippen molar-refractivity contribution < 1.29 is 9.53 Å². The molecule has 1 aliphatic rings. The molecule has 17 heavy (non-hydrogen) atoms. The van der Waals surface area contributed by atoms with Crippen LogP contribution in [-0.2, 0) is 4.74 Å². The van der Waals surface area contributed by atoms with Gasteiger partial charge in [0.25, 0.3) is 0 Å². The van der Waals surface area contributed by atoms with Gasteiger partial charge in [-0.3, -0.25) is 0 Å². The van der Waals surface area contributed by atoms with Crippen LogP contribution in [0.3, 0.4) is 0 Å². The monoisotopic (exact) mass is 242 g/mol. The highest BCUT2D eigenvalue weighted by molar-refractivity contribution is 5.68. The van der Waals surface area contributed by atoms with Gasteiger partial charge in [-0.25, -0.2) is 4.79 Å². The third-order valence-electron chi connectivity index (χ3n) is 3.02. The van der Waals surface area contributed by atoms with Crippen LogP contribution in [0.15, 0.2) is 0 Å². The molecule has 1 aliphatic heterocycles. The fourth-order valence-electron chi connectivity index (χ4n) is 2.17. The van der Waals surface area contributed by atoms with E-state index in [2.05, 4.69) is 25.9 Å². The van der Waals surface area contributed by atoms with Crippen LogP contribution in [-0.4, -0.2) is 54.7 Å². The van der Waals surface area contributed by atoms with Gasteiger partial charge < -0.3 is 14.5 Å². The van der Waals surface area contributed by atoms with Crippen molar-refractivity contribution in [2.45, 2.75) is 45.8 Å². The molecule has 0 unspecified atom stereocenters. The molecule has 0 saturated carbocycles. The van der Waals surface area contributed by atoms with Crippen molar-refractivity contribution in [3.63, 3.8) is 0 Å². The molecule has 0 aliphatic carbocycles. The lowest BCUT2D eigenvalue weighted by atomic mass is 9.95. The molecule has 4 heteroatoms. The highest BCUT2D eigenvalue weighted by Crippen LogP contribution is 2.21. The number of likely N-dealkylation sites (N-methyl/N-ethyl adjacent to an activating group) is 1. The van der Waals surface area contributed by atoms with E-state index in [0.717, 1.165) is 19.5 Å². The number of likely N-dealkylation sites (tertiary alicyclic amines) is 1. The van der Waals surface area contributed by atoms with Gasteiger partial charge in [-0.05, 0) is 47.2 Å². The van der Waals surface area contributed by atoms with Crippen LogP contribution in [0.25, 0.3) is 0 Å². The summed E-state index contributed by atoms with van der Waals surface area (Å²) >= 11 is 0. The van der Waals surface area contributed by atoms with Gasteiger partial charge in [-0.1, -0.05) is 6.92 Å². The van der Waals surface area contributed by atoms with E-state index >= 15 is 0 Å². The summed E-state index contributed by atoms with van der Waals surface area (Å²) in [5.41, 5.74) is -0.411. The van der Waals surface area contributed by atoms with E-state index in [0.29, 0.717) is 12.0 Å². The van der Waals surface area contributed by atoms with Crippen LogP contribution in [0.4, 0.5) is 4.79 Å². The zero-order valence-corrected chi connectivity index (χ0v) is 12.0. The van der Waals surface area contributed by atoms with E-state index in [1.807, 2.05) is 25.7 Å². The first-order valence-electron chi connectivity index (χ1n) is 6.33. The lowest BCUT2D eigenvalue weighted by molar-refractivity contribution is 0.00762. The van der Waals surface area contributed by atoms with Crippen molar-refractivity contribution in [1.29, 1.82) is 0 Å². The summed E-state index contributed by atoms with van der Waals surface area (Å²) in [6.45, 7) is 9.48. The molecule has 0 aromatic rings. The number of amides is 1. The largest absolute Gasteiger partial charge is 0.444 e. The van der Waals surface area contributed by atoms with Crippen LogP contribution >= 0.6 is 0 Å². The van der Waals surface area contributed by atoms with Crippen molar-refractivity contribution in [3.05, 3.63) is 0 Å². The minimum absolute atomic E-state index is 0.184. The summed E-state index contributed by atoms with van der Waals surface area (Å²) in [7, 11) is 4.13. The Hall–Kier alpha value is -0.770. The van der Waals surface area contributed by atoms with Crippen LogP contribution in [0.5, 0.6) is 0 Å². The number of ether oxygens (including phenoxy) is 1. The average Bonchev–Trinajstić information content (AvgIpc) is 2.13. The Kier molecular flexibility index (Phi) is 4.42. The van der Waals surface area contributed by atoms with Gasteiger partial charge in [0.1, 0.15) is 5.60 Å². The molecule has 1 heterocycles. The number of hydrogen-bond acceptors (Lipinski definition) is 3. The van der Waals surface area contributed by atoms with Gasteiger partial charge in [0, 0.05) is 19.1 Å². The third-order valence-corrected chi connectivity index (χ3v) is 3.02. The smallest absolute Gasteiger partial charge is 0.410 e. The first kappa shape index (κ1) is 14.3. The number of carbonyl (C=O) groups excluding carboxylic acids is 1. The molecule has 0 N–H and O–H groups in total. The van der Waals surface area contributed by atoms with Gasteiger partial charge in [-0.15, -0.1) is 0 Å². The molecule has 4 nitrogen and oxygen atoms in total. The normalized spacial score (nSPS) is 26.2. The van der Waals surface area contributed by atoms with E-state index < -0.39 is 5.60 Å². The number of piperidine rings is 1. The number of nitrogens with zero attached hydrogens (tertiary/aromatic N) is 2. The Labute approximate surface area is 105 Å². The number of carbonyl (C=O) groups is 1. The molecule has 0 radical (unpaired) electrons.